The molecule has 0 saturated heterocycles. The summed E-state index contributed by atoms with van der Waals surface area (Å²) in [5.74, 6) is -5.29. The van der Waals surface area contributed by atoms with Crippen molar-refractivity contribution in [3.05, 3.63) is 112 Å². The lowest BCUT2D eigenvalue weighted by molar-refractivity contribution is -0.0546. The Kier molecular flexibility index (Phi) is 9.15. The van der Waals surface area contributed by atoms with Gasteiger partial charge >= 0.3 is 6.61 Å². The van der Waals surface area contributed by atoms with Crippen LogP contribution in [0.3, 0.4) is 0 Å². The quantitative estimate of drug-likeness (QED) is 0.170. The summed E-state index contributed by atoms with van der Waals surface area (Å²) in [7, 11) is 0. The van der Waals surface area contributed by atoms with Gasteiger partial charge in [0.05, 0.1) is 0 Å². The summed E-state index contributed by atoms with van der Waals surface area (Å²) in [6.45, 7) is -1.35. The van der Waals surface area contributed by atoms with Crippen LogP contribution in [0.15, 0.2) is 54.6 Å². The summed E-state index contributed by atoms with van der Waals surface area (Å²) in [4.78, 5) is 0. The number of unbranched alkanes of at least 4 members (excludes halogenated alkanes) is 1. The molecule has 0 atom stereocenters. The van der Waals surface area contributed by atoms with Crippen LogP contribution < -0.4 is 4.74 Å². The van der Waals surface area contributed by atoms with Gasteiger partial charge in [-0.2, -0.15) is 8.78 Å². The van der Waals surface area contributed by atoms with E-state index in [0.29, 0.717) is 34.7 Å². The average molecular weight is 549 g/mol. The molecule has 206 valence electrons. The third-order valence-electron chi connectivity index (χ3n) is 6.73. The van der Waals surface area contributed by atoms with E-state index in [2.05, 4.69) is 4.74 Å². The second kappa shape index (κ2) is 12.5. The molecule has 0 fully saturated rings. The van der Waals surface area contributed by atoms with E-state index < -0.39 is 41.4 Å². The zero-order valence-corrected chi connectivity index (χ0v) is 21.3. The fraction of sp³-hybridized carbons (Fsp3) is 0.290. The van der Waals surface area contributed by atoms with Gasteiger partial charge in [0.1, 0.15) is 17.5 Å². The maximum Gasteiger partial charge on any atom is 0.387 e. The summed E-state index contributed by atoms with van der Waals surface area (Å²) in [6, 6.07) is 12.9. The minimum Gasteiger partial charge on any atom is -0.429 e. The molecule has 1 nitrogen and oxygen atoms in total. The average Bonchev–Trinajstić information content (AvgIpc) is 2.88. The third kappa shape index (κ3) is 6.91. The zero-order valence-electron chi connectivity index (χ0n) is 21.3. The molecule has 0 saturated carbocycles. The Labute approximate surface area is 222 Å². The molecule has 0 aliphatic carbocycles. The third-order valence-corrected chi connectivity index (χ3v) is 6.73. The van der Waals surface area contributed by atoms with E-state index in [0.717, 1.165) is 30.5 Å². The fourth-order valence-corrected chi connectivity index (χ4v) is 4.66. The predicted molar refractivity (Wildman–Crippen MR) is 137 cm³/mol. The smallest absolute Gasteiger partial charge is 0.387 e. The van der Waals surface area contributed by atoms with Gasteiger partial charge in [-0.05, 0) is 90.4 Å². The zero-order chi connectivity index (χ0) is 28.1. The summed E-state index contributed by atoms with van der Waals surface area (Å²) >= 11 is 0. The highest BCUT2D eigenvalue weighted by atomic mass is 19.3. The summed E-state index contributed by atoms with van der Waals surface area (Å²) in [6.07, 6.45) is 3.12. The van der Waals surface area contributed by atoms with Gasteiger partial charge in [-0.3, -0.25) is 0 Å². The van der Waals surface area contributed by atoms with E-state index in [9.17, 15) is 26.3 Å². The van der Waals surface area contributed by atoms with E-state index in [1.54, 1.807) is 30.3 Å². The Bertz CT molecular complexity index is 1420. The lowest BCUT2D eigenvalue weighted by atomic mass is 9.96. The predicted octanol–water partition coefficient (Wildman–Crippen LogP) is 9.05. The first-order chi connectivity index (χ1) is 18.7. The van der Waals surface area contributed by atoms with Crippen LogP contribution in [0.4, 0.5) is 30.7 Å². The number of benzene rings is 4. The Hall–Kier alpha value is -3.55. The van der Waals surface area contributed by atoms with Crippen molar-refractivity contribution in [1.82, 2.24) is 0 Å². The van der Waals surface area contributed by atoms with E-state index in [1.807, 2.05) is 6.92 Å². The largest absolute Gasteiger partial charge is 0.429 e. The lowest BCUT2D eigenvalue weighted by Crippen LogP contribution is -2.06. The van der Waals surface area contributed by atoms with Gasteiger partial charge in [0.2, 0.25) is 0 Å². The minimum absolute atomic E-state index is 0.0264. The molecule has 0 unspecified atom stereocenters. The Balaban J connectivity index is 1.45. The van der Waals surface area contributed by atoms with E-state index in [-0.39, 0.29) is 30.4 Å². The molecule has 0 aromatic heterocycles. The van der Waals surface area contributed by atoms with E-state index >= 15 is 4.39 Å². The molecule has 0 radical (unpaired) electrons. The summed E-state index contributed by atoms with van der Waals surface area (Å²) < 4.78 is 101. The van der Waals surface area contributed by atoms with Crippen LogP contribution in [0.1, 0.15) is 47.6 Å². The van der Waals surface area contributed by atoms with Gasteiger partial charge in [0.25, 0.3) is 0 Å². The number of ether oxygens (including phenoxy) is 1. The first-order valence-electron chi connectivity index (χ1n) is 12.8. The summed E-state index contributed by atoms with van der Waals surface area (Å²) in [5, 5.41) is 0.946. The van der Waals surface area contributed by atoms with Crippen LogP contribution in [0, 0.1) is 29.1 Å². The van der Waals surface area contributed by atoms with E-state index in [4.69, 9.17) is 0 Å². The van der Waals surface area contributed by atoms with Crippen molar-refractivity contribution in [2.24, 2.45) is 0 Å². The number of fused-ring (bicyclic) bond motifs is 1. The van der Waals surface area contributed by atoms with Gasteiger partial charge in [-0.1, -0.05) is 43.7 Å². The van der Waals surface area contributed by atoms with Gasteiger partial charge < -0.3 is 4.74 Å². The monoisotopic (exact) mass is 548 g/mol. The standard InChI is InChI=1S/C31H27F7O/c1-2-3-4-19-14-25(32)24(26(33)15-19)12-7-18-6-11-23-22(13-18)10-9-21(29(23)36)8-5-20-16-27(34)30(28(35)17-20)39-31(37)38/h6,9-11,13-17,31H,2-5,7-8,12H2,1H3. The molecule has 8 heteroatoms. The number of halogens is 7. The Morgan fingerprint density at radius 3 is 1.90 bits per heavy atom. The van der Waals surface area contributed by atoms with Crippen LogP contribution in [-0.2, 0) is 32.1 Å². The van der Waals surface area contributed by atoms with Crippen molar-refractivity contribution in [2.75, 3.05) is 0 Å². The Morgan fingerprint density at radius 2 is 1.26 bits per heavy atom. The van der Waals surface area contributed by atoms with Gasteiger partial charge in [-0.15, -0.1) is 0 Å². The van der Waals surface area contributed by atoms with Gasteiger partial charge in [0.15, 0.2) is 17.4 Å². The van der Waals surface area contributed by atoms with Crippen LogP contribution >= 0.6 is 0 Å². The van der Waals surface area contributed by atoms with Crippen LogP contribution in [0.25, 0.3) is 10.8 Å². The van der Waals surface area contributed by atoms with Crippen molar-refractivity contribution in [1.29, 1.82) is 0 Å². The van der Waals surface area contributed by atoms with Crippen LogP contribution in [-0.4, -0.2) is 6.61 Å². The molecule has 39 heavy (non-hydrogen) atoms. The normalized spacial score (nSPS) is 11.5. The molecule has 0 heterocycles. The van der Waals surface area contributed by atoms with Gasteiger partial charge in [-0.25, -0.2) is 22.0 Å². The van der Waals surface area contributed by atoms with Crippen molar-refractivity contribution in [3.63, 3.8) is 0 Å². The molecule has 4 aromatic carbocycles. The highest BCUT2D eigenvalue weighted by molar-refractivity contribution is 5.84. The first-order valence-corrected chi connectivity index (χ1v) is 12.8. The topological polar surface area (TPSA) is 9.23 Å². The minimum atomic E-state index is -3.36. The first kappa shape index (κ1) is 28.5. The maximum atomic E-state index is 15.2. The molecule has 0 aliphatic rings. The number of hydrogen-bond donors (Lipinski definition) is 0. The molecule has 0 bridgehead atoms. The van der Waals surface area contributed by atoms with E-state index in [1.165, 1.54) is 12.1 Å². The number of rotatable bonds is 11. The number of alkyl halides is 2. The second-order valence-corrected chi connectivity index (χ2v) is 9.50. The van der Waals surface area contributed by atoms with Crippen molar-refractivity contribution in [3.8, 4) is 5.75 Å². The van der Waals surface area contributed by atoms with Crippen LogP contribution in [0.5, 0.6) is 5.75 Å². The Morgan fingerprint density at radius 1 is 0.641 bits per heavy atom. The fourth-order valence-electron chi connectivity index (χ4n) is 4.66. The van der Waals surface area contributed by atoms with Crippen molar-refractivity contribution >= 4 is 10.8 Å². The highest BCUT2D eigenvalue weighted by Crippen LogP contribution is 2.28. The van der Waals surface area contributed by atoms with Crippen LogP contribution in [0.2, 0.25) is 0 Å². The molecular formula is C31H27F7O. The molecule has 0 N–H and O–H groups in total. The molecule has 0 spiro atoms. The SMILES string of the molecule is CCCCc1cc(F)c(CCc2ccc3c(F)c(CCc4cc(F)c(OC(F)F)c(F)c4)ccc3c2)c(F)c1. The number of hydrogen-bond acceptors (Lipinski definition) is 1. The highest BCUT2D eigenvalue weighted by Gasteiger charge is 2.18. The molecule has 0 amide bonds. The molecular weight excluding hydrogens is 521 g/mol. The summed E-state index contributed by atoms with van der Waals surface area (Å²) in [5.41, 5.74) is 1.94. The molecule has 0 aliphatic heterocycles. The number of aryl methyl sites for hydroxylation is 4. The van der Waals surface area contributed by atoms with Crippen molar-refractivity contribution < 1.29 is 35.5 Å². The molecule has 4 rings (SSSR count). The lowest BCUT2D eigenvalue weighted by Gasteiger charge is -2.11. The molecule has 4 aromatic rings. The second-order valence-electron chi connectivity index (χ2n) is 9.50. The van der Waals surface area contributed by atoms with Gasteiger partial charge in [0, 0.05) is 10.9 Å². The van der Waals surface area contributed by atoms with Crippen molar-refractivity contribution in [2.45, 2.75) is 58.5 Å². The maximum absolute atomic E-state index is 15.2.